The van der Waals surface area contributed by atoms with E-state index in [1.165, 1.54) is 7.11 Å². The van der Waals surface area contributed by atoms with Gasteiger partial charge in [-0.25, -0.2) is 9.59 Å². The van der Waals surface area contributed by atoms with Gasteiger partial charge in [0.05, 0.1) is 19.2 Å². The van der Waals surface area contributed by atoms with Crippen molar-refractivity contribution in [2.75, 3.05) is 12.9 Å². The number of hydrogen-bond donors (Lipinski definition) is 3. The lowest BCUT2D eigenvalue weighted by atomic mass is 10.0. The zero-order valence-electron chi connectivity index (χ0n) is 10.2. The number of rotatable bonds is 5. The molecule has 0 aromatic carbocycles. The number of carbonyl (C=O) groups is 2. The zero-order chi connectivity index (χ0) is 13.1. The van der Waals surface area contributed by atoms with Crippen LogP contribution in [0.15, 0.2) is 0 Å². The predicted molar refractivity (Wildman–Crippen MR) is 69.1 cm³/mol. The number of esters is 1. The maximum Gasteiger partial charge on any atom is 0.351 e. The molecule has 0 radical (unpaired) electrons. The van der Waals surface area contributed by atoms with Crippen molar-refractivity contribution >= 4 is 29.5 Å². The average Bonchev–Trinajstić information content (AvgIpc) is 2.88. The number of amides is 2. The molecule has 2 rings (SSSR count). The van der Waals surface area contributed by atoms with E-state index in [0.717, 1.165) is 18.6 Å². The Morgan fingerprint density at radius 3 is 3.06 bits per heavy atom. The van der Waals surface area contributed by atoms with E-state index in [-0.39, 0.29) is 23.8 Å². The van der Waals surface area contributed by atoms with Crippen LogP contribution in [0.2, 0.25) is 0 Å². The quantitative estimate of drug-likeness (QED) is 0.386. The third-order valence-corrected chi connectivity index (χ3v) is 4.79. The van der Waals surface area contributed by atoms with Gasteiger partial charge in [0.1, 0.15) is 5.71 Å². The van der Waals surface area contributed by atoms with Crippen molar-refractivity contribution in [2.45, 2.75) is 36.6 Å². The van der Waals surface area contributed by atoms with Gasteiger partial charge in [-0.2, -0.15) is 11.8 Å². The van der Waals surface area contributed by atoms with Crippen LogP contribution in [0, 0.1) is 5.41 Å². The lowest BCUT2D eigenvalue weighted by molar-refractivity contribution is -0.132. The fraction of sp³-hybridized carbons (Fsp3) is 0.727. The Labute approximate surface area is 110 Å². The summed E-state index contributed by atoms with van der Waals surface area (Å²) in [6, 6.07) is 0.333. The number of carbonyl (C=O) groups excluding carboxylic acids is 2. The molecule has 0 aromatic heterocycles. The van der Waals surface area contributed by atoms with Crippen molar-refractivity contribution in [3.8, 4) is 0 Å². The molecule has 6 nitrogen and oxygen atoms in total. The summed E-state index contributed by atoms with van der Waals surface area (Å²) in [6.07, 6.45) is 2.10. The molecule has 2 saturated heterocycles. The number of fused-ring (bicyclic) bond motifs is 1. The monoisotopic (exact) mass is 271 g/mol. The standard InChI is InChI=1S/C11H17N3O3S/c1-17-10(15)6(12)3-2-4-8-9-7(5-18-8)13-11(16)14-9/h7-9,12H,2-5H2,1H3,(H2,13,14,16)/t7-,8-,9-/m0/s1. The second-order valence-corrected chi connectivity index (χ2v) is 5.76. The normalized spacial score (nSPS) is 29.4. The van der Waals surface area contributed by atoms with Crippen molar-refractivity contribution in [3.63, 3.8) is 0 Å². The van der Waals surface area contributed by atoms with Gasteiger partial charge < -0.3 is 15.4 Å². The second kappa shape index (κ2) is 5.60. The first-order valence-electron chi connectivity index (χ1n) is 5.96. The maximum absolute atomic E-state index is 11.2. The molecule has 100 valence electrons. The molecule has 0 bridgehead atoms. The molecule has 3 atom stereocenters. The molecule has 2 amide bonds. The van der Waals surface area contributed by atoms with E-state index in [1.54, 1.807) is 0 Å². The molecular weight excluding hydrogens is 254 g/mol. The van der Waals surface area contributed by atoms with Gasteiger partial charge in [-0.1, -0.05) is 0 Å². The Balaban J connectivity index is 1.73. The molecule has 0 saturated carbocycles. The summed E-state index contributed by atoms with van der Waals surface area (Å²) in [5, 5.41) is 13.7. The van der Waals surface area contributed by atoms with Crippen molar-refractivity contribution in [2.24, 2.45) is 0 Å². The molecule has 2 aliphatic heterocycles. The van der Waals surface area contributed by atoms with Crippen LogP contribution < -0.4 is 10.6 Å². The number of thioether (sulfide) groups is 1. The molecule has 0 spiro atoms. The lowest BCUT2D eigenvalue weighted by Crippen LogP contribution is -2.36. The average molecular weight is 271 g/mol. The van der Waals surface area contributed by atoms with E-state index in [4.69, 9.17) is 5.41 Å². The Kier molecular flexibility index (Phi) is 4.11. The summed E-state index contributed by atoms with van der Waals surface area (Å²) < 4.78 is 4.48. The Hall–Kier alpha value is -1.24. The van der Waals surface area contributed by atoms with Gasteiger partial charge in [0.15, 0.2) is 0 Å². The van der Waals surface area contributed by atoms with E-state index < -0.39 is 5.97 Å². The molecule has 18 heavy (non-hydrogen) atoms. The first-order valence-corrected chi connectivity index (χ1v) is 7.01. The van der Waals surface area contributed by atoms with Gasteiger partial charge >= 0.3 is 12.0 Å². The molecule has 0 aliphatic carbocycles. The number of ether oxygens (including phenoxy) is 1. The summed E-state index contributed by atoms with van der Waals surface area (Å²) in [4.78, 5) is 22.2. The van der Waals surface area contributed by atoms with Crippen LogP contribution >= 0.6 is 11.8 Å². The molecule has 2 aliphatic rings. The van der Waals surface area contributed by atoms with E-state index >= 15 is 0 Å². The lowest BCUT2D eigenvalue weighted by Gasteiger charge is -2.16. The Bertz CT molecular complexity index is 375. The highest BCUT2D eigenvalue weighted by molar-refractivity contribution is 8.00. The van der Waals surface area contributed by atoms with Crippen LogP contribution in [0.3, 0.4) is 0 Å². The highest BCUT2D eigenvalue weighted by Gasteiger charge is 2.42. The van der Waals surface area contributed by atoms with Gasteiger partial charge in [0.25, 0.3) is 0 Å². The van der Waals surface area contributed by atoms with Gasteiger partial charge in [-0.15, -0.1) is 0 Å². The maximum atomic E-state index is 11.2. The predicted octanol–water partition coefficient (Wildman–Crippen LogP) is 0.515. The number of hydrogen-bond acceptors (Lipinski definition) is 5. The minimum atomic E-state index is -0.553. The van der Waals surface area contributed by atoms with Crippen molar-refractivity contribution in [3.05, 3.63) is 0 Å². The summed E-state index contributed by atoms with van der Waals surface area (Å²) in [5.74, 6) is 0.380. The first-order chi connectivity index (χ1) is 8.61. The highest BCUT2D eigenvalue weighted by Crippen LogP contribution is 2.33. The third kappa shape index (κ3) is 2.77. The minimum Gasteiger partial charge on any atom is -0.465 e. The molecule has 3 N–H and O–H groups in total. The SMILES string of the molecule is COC(=O)C(=N)CCC[C@@H]1SC[C@@H]2NC(=O)N[C@@H]21. The van der Waals surface area contributed by atoms with Crippen molar-refractivity contribution in [1.82, 2.24) is 10.6 Å². The van der Waals surface area contributed by atoms with Gasteiger partial charge in [0.2, 0.25) is 0 Å². The first kappa shape index (κ1) is 13.2. The van der Waals surface area contributed by atoms with Crippen molar-refractivity contribution < 1.29 is 14.3 Å². The number of methoxy groups -OCH3 is 1. The second-order valence-electron chi connectivity index (χ2n) is 4.48. The molecule has 7 heteroatoms. The fourth-order valence-electron chi connectivity index (χ4n) is 2.35. The summed E-state index contributed by atoms with van der Waals surface area (Å²) in [5.41, 5.74) is 0.0191. The summed E-state index contributed by atoms with van der Waals surface area (Å²) in [7, 11) is 1.29. The topological polar surface area (TPSA) is 91.3 Å². The minimum absolute atomic E-state index is 0.0191. The number of nitrogens with one attached hydrogen (secondary N) is 3. The zero-order valence-corrected chi connectivity index (χ0v) is 11.0. The van der Waals surface area contributed by atoms with E-state index in [2.05, 4.69) is 15.4 Å². The number of urea groups is 1. The van der Waals surface area contributed by atoms with Crippen LogP contribution in [-0.2, 0) is 9.53 Å². The Morgan fingerprint density at radius 2 is 2.33 bits per heavy atom. The molecule has 2 fully saturated rings. The van der Waals surface area contributed by atoms with Gasteiger partial charge in [-0.05, 0) is 19.3 Å². The van der Waals surface area contributed by atoms with Crippen LogP contribution in [0.1, 0.15) is 19.3 Å². The van der Waals surface area contributed by atoms with Crippen molar-refractivity contribution in [1.29, 1.82) is 5.41 Å². The van der Waals surface area contributed by atoms with Crippen LogP contribution in [0.4, 0.5) is 4.79 Å². The fourth-order valence-corrected chi connectivity index (χ4v) is 3.89. The van der Waals surface area contributed by atoms with Crippen LogP contribution in [-0.4, -0.2) is 47.9 Å². The molecular formula is C11H17N3O3S. The van der Waals surface area contributed by atoms with E-state index in [1.807, 2.05) is 11.8 Å². The third-order valence-electron chi connectivity index (χ3n) is 3.29. The largest absolute Gasteiger partial charge is 0.465 e. The highest BCUT2D eigenvalue weighted by atomic mass is 32.2. The smallest absolute Gasteiger partial charge is 0.351 e. The summed E-state index contributed by atoms with van der Waals surface area (Å²) >= 11 is 1.84. The van der Waals surface area contributed by atoms with Crippen LogP contribution in [0.5, 0.6) is 0 Å². The molecule has 0 aromatic rings. The summed E-state index contributed by atoms with van der Waals surface area (Å²) in [6.45, 7) is 0. The van der Waals surface area contributed by atoms with E-state index in [9.17, 15) is 9.59 Å². The molecule has 2 heterocycles. The molecule has 0 unspecified atom stereocenters. The Morgan fingerprint density at radius 1 is 1.56 bits per heavy atom. The van der Waals surface area contributed by atoms with E-state index in [0.29, 0.717) is 11.7 Å². The van der Waals surface area contributed by atoms with Gasteiger partial charge in [-0.3, -0.25) is 5.41 Å². The van der Waals surface area contributed by atoms with Crippen LogP contribution in [0.25, 0.3) is 0 Å². The van der Waals surface area contributed by atoms with Gasteiger partial charge in [0, 0.05) is 11.0 Å².